The molecule has 1 N–H and O–H groups in total. The van der Waals surface area contributed by atoms with Gasteiger partial charge >= 0.3 is 0 Å². The van der Waals surface area contributed by atoms with Crippen molar-refractivity contribution in [1.29, 1.82) is 0 Å². The molecule has 0 radical (unpaired) electrons. The average molecular weight is 521 g/mol. The maximum absolute atomic E-state index is 12.6. The molecule has 190 valence electrons. The number of fused-ring (bicyclic) bond motifs is 1. The molecule has 0 saturated carbocycles. The summed E-state index contributed by atoms with van der Waals surface area (Å²) in [5, 5.41) is 0.561. The Balaban J connectivity index is 1.78. The number of sulfonamides is 1. The number of halogens is 1. The van der Waals surface area contributed by atoms with Crippen LogP contribution in [0.1, 0.15) is 74.2 Å². The summed E-state index contributed by atoms with van der Waals surface area (Å²) in [6.07, 6.45) is 5.43. The van der Waals surface area contributed by atoms with Crippen LogP contribution in [0.25, 0.3) is 11.2 Å². The van der Waals surface area contributed by atoms with Crippen molar-refractivity contribution >= 4 is 38.7 Å². The van der Waals surface area contributed by atoms with Gasteiger partial charge in [0.1, 0.15) is 22.8 Å². The molecule has 0 spiro atoms. The molecule has 10 heteroatoms. The summed E-state index contributed by atoms with van der Waals surface area (Å²) < 4.78 is 34.2. The number of carbonyl (C=O) groups excluding carboxylic acids is 1. The van der Waals surface area contributed by atoms with Crippen LogP contribution in [0.15, 0.2) is 30.3 Å². The molecule has 3 rings (SSSR count). The minimum atomic E-state index is -3.72. The number of imidazole rings is 1. The van der Waals surface area contributed by atoms with E-state index in [1.54, 1.807) is 12.1 Å². The Kier molecular flexibility index (Phi) is 9.51. The van der Waals surface area contributed by atoms with E-state index in [1.807, 2.05) is 30.5 Å². The zero-order valence-corrected chi connectivity index (χ0v) is 22.1. The Morgan fingerprint density at radius 2 is 1.80 bits per heavy atom. The number of nitrogens with zero attached hydrogens (tertiary/aromatic N) is 3. The van der Waals surface area contributed by atoms with Crippen molar-refractivity contribution in [3.8, 4) is 5.75 Å². The Morgan fingerprint density at radius 3 is 2.51 bits per heavy atom. The van der Waals surface area contributed by atoms with E-state index in [9.17, 15) is 13.2 Å². The molecule has 0 saturated heterocycles. The van der Waals surface area contributed by atoms with Gasteiger partial charge in [0.25, 0.3) is 5.91 Å². The molecule has 1 aromatic carbocycles. The van der Waals surface area contributed by atoms with Gasteiger partial charge in [0, 0.05) is 5.02 Å². The highest BCUT2D eigenvalue weighted by Crippen LogP contribution is 2.25. The van der Waals surface area contributed by atoms with E-state index >= 15 is 0 Å². The number of benzene rings is 1. The van der Waals surface area contributed by atoms with Crippen molar-refractivity contribution in [2.75, 3.05) is 12.4 Å². The van der Waals surface area contributed by atoms with E-state index in [0.29, 0.717) is 41.6 Å². The van der Waals surface area contributed by atoms with Crippen molar-refractivity contribution in [3.05, 3.63) is 52.4 Å². The van der Waals surface area contributed by atoms with Crippen LogP contribution < -0.4 is 9.46 Å². The average Bonchev–Trinajstić information content (AvgIpc) is 3.12. The summed E-state index contributed by atoms with van der Waals surface area (Å²) in [7, 11) is -3.72. The molecule has 3 aromatic rings. The van der Waals surface area contributed by atoms with E-state index in [4.69, 9.17) is 16.3 Å². The molecule has 0 aliphatic heterocycles. The molecule has 0 fully saturated rings. The number of hydrogen-bond acceptors (Lipinski definition) is 6. The molecule has 1 amide bonds. The van der Waals surface area contributed by atoms with Gasteiger partial charge in [-0.3, -0.25) is 4.79 Å². The summed E-state index contributed by atoms with van der Waals surface area (Å²) in [5.74, 6) is 0.576. The lowest BCUT2D eigenvalue weighted by atomic mass is 10.2. The number of ether oxygens (including phenoxy) is 1. The Labute approximate surface area is 212 Å². The fourth-order valence-corrected chi connectivity index (χ4v) is 4.98. The van der Waals surface area contributed by atoms with E-state index in [-0.39, 0.29) is 11.4 Å². The van der Waals surface area contributed by atoms with Gasteiger partial charge in [-0.2, -0.15) is 0 Å². The maximum atomic E-state index is 12.6. The third kappa shape index (κ3) is 7.41. The van der Waals surface area contributed by atoms with Gasteiger partial charge in [0.15, 0.2) is 5.65 Å². The molecule has 2 aromatic heterocycles. The van der Waals surface area contributed by atoms with E-state index in [2.05, 4.69) is 21.6 Å². The number of aromatic nitrogens is 3. The van der Waals surface area contributed by atoms with Crippen LogP contribution in [-0.4, -0.2) is 41.2 Å². The van der Waals surface area contributed by atoms with Gasteiger partial charge in [-0.15, -0.1) is 0 Å². The quantitative estimate of drug-likeness (QED) is 0.308. The lowest BCUT2D eigenvalue weighted by Gasteiger charge is -2.11. The molecule has 0 atom stereocenters. The van der Waals surface area contributed by atoms with E-state index < -0.39 is 15.9 Å². The Hall–Kier alpha value is -2.65. The van der Waals surface area contributed by atoms with Crippen LogP contribution in [-0.2, 0) is 16.6 Å². The van der Waals surface area contributed by atoms with Gasteiger partial charge in [-0.25, -0.2) is 23.1 Å². The highest BCUT2D eigenvalue weighted by atomic mass is 35.5. The SMILES string of the molecule is CCCCCOc1ccc(Cn2c(C)nc3ccc(C(=O)NS(=O)(=O)CCCCC)nc32)c(Cl)c1. The molecule has 0 aliphatic rings. The number of nitrogens with one attached hydrogen (secondary N) is 1. The van der Waals surface area contributed by atoms with Gasteiger partial charge in [-0.1, -0.05) is 57.2 Å². The molecule has 8 nitrogen and oxygen atoms in total. The van der Waals surface area contributed by atoms with Crippen molar-refractivity contribution in [2.24, 2.45) is 0 Å². The molecule has 2 heterocycles. The van der Waals surface area contributed by atoms with E-state index in [0.717, 1.165) is 43.4 Å². The molecule has 0 aliphatic carbocycles. The van der Waals surface area contributed by atoms with Crippen LogP contribution in [0.3, 0.4) is 0 Å². The number of hydrogen-bond donors (Lipinski definition) is 1. The fourth-order valence-electron chi connectivity index (χ4n) is 3.68. The highest BCUT2D eigenvalue weighted by Gasteiger charge is 2.19. The van der Waals surface area contributed by atoms with Crippen LogP contribution in [0, 0.1) is 6.92 Å². The first-order chi connectivity index (χ1) is 16.7. The lowest BCUT2D eigenvalue weighted by molar-refractivity contribution is 0.0977. The lowest BCUT2D eigenvalue weighted by Crippen LogP contribution is -2.33. The summed E-state index contributed by atoms with van der Waals surface area (Å²) in [6.45, 7) is 7.02. The summed E-state index contributed by atoms with van der Waals surface area (Å²) in [6, 6.07) is 8.74. The van der Waals surface area contributed by atoms with Crippen LogP contribution in [0.2, 0.25) is 5.02 Å². The predicted molar refractivity (Wildman–Crippen MR) is 139 cm³/mol. The number of aryl methyl sites for hydroxylation is 1. The maximum Gasteiger partial charge on any atom is 0.283 e. The standard InChI is InChI=1S/C25H33ClN4O4S/c1-4-6-8-14-34-20-11-10-19(21(26)16-20)17-30-18(3)27-22-12-13-23(28-24(22)30)25(31)29-35(32,33)15-9-7-5-2/h10-13,16H,4-9,14-15,17H2,1-3H3,(H,29,31). The number of carbonyl (C=O) groups is 1. The van der Waals surface area contributed by atoms with Crippen molar-refractivity contribution in [3.63, 3.8) is 0 Å². The normalized spacial score (nSPS) is 11.7. The first kappa shape index (κ1) is 26.9. The monoisotopic (exact) mass is 520 g/mol. The minimum Gasteiger partial charge on any atom is -0.494 e. The first-order valence-corrected chi connectivity index (χ1v) is 14.1. The highest BCUT2D eigenvalue weighted by molar-refractivity contribution is 7.90. The predicted octanol–water partition coefficient (Wildman–Crippen LogP) is 5.26. The number of amides is 1. The van der Waals surface area contributed by atoms with Gasteiger partial charge in [0.2, 0.25) is 10.0 Å². The summed E-state index contributed by atoms with van der Waals surface area (Å²) in [5.41, 5.74) is 1.95. The minimum absolute atomic E-state index is 0.0136. The number of rotatable bonds is 13. The van der Waals surface area contributed by atoms with Crippen molar-refractivity contribution in [1.82, 2.24) is 19.3 Å². The van der Waals surface area contributed by atoms with Crippen molar-refractivity contribution < 1.29 is 17.9 Å². The third-order valence-corrected chi connectivity index (χ3v) is 7.32. The second-order valence-corrected chi connectivity index (χ2v) is 10.8. The van der Waals surface area contributed by atoms with Crippen molar-refractivity contribution in [2.45, 2.75) is 65.8 Å². The Morgan fingerprint density at radius 1 is 1.06 bits per heavy atom. The largest absolute Gasteiger partial charge is 0.494 e. The second kappa shape index (κ2) is 12.4. The summed E-state index contributed by atoms with van der Waals surface area (Å²) >= 11 is 6.53. The summed E-state index contributed by atoms with van der Waals surface area (Å²) in [4.78, 5) is 21.6. The number of unbranched alkanes of at least 4 members (excludes halogenated alkanes) is 4. The van der Waals surface area contributed by atoms with Gasteiger partial charge < -0.3 is 9.30 Å². The zero-order valence-electron chi connectivity index (χ0n) is 20.5. The Bertz CT molecular complexity index is 1270. The second-order valence-electron chi connectivity index (χ2n) is 8.55. The van der Waals surface area contributed by atoms with E-state index in [1.165, 1.54) is 6.07 Å². The molecule has 0 bridgehead atoms. The first-order valence-electron chi connectivity index (χ1n) is 12.0. The topological polar surface area (TPSA) is 103 Å². The van der Waals surface area contributed by atoms with Crippen LogP contribution in [0.4, 0.5) is 0 Å². The van der Waals surface area contributed by atoms with Crippen LogP contribution in [0.5, 0.6) is 5.75 Å². The van der Waals surface area contributed by atoms with Crippen LogP contribution >= 0.6 is 11.6 Å². The molecule has 35 heavy (non-hydrogen) atoms. The fraction of sp³-hybridized carbons (Fsp3) is 0.480. The third-order valence-electron chi connectivity index (χ3n) is 5.65. The zero-order chi connectivity index (χ0) is 25.4. The number of pyridine rings is 1. The molecular formula is C25H33ClN4O4S. The molecular weight excluding hydrogens is 488 g/mol. The molecule has 0 unspecified atom stereocenters. The van der Waals surface area contributed by atoms with Gasteiger partial charge in [0.05, 0.1) is 18.9 Å². The van der Waals surface area contributed by atoms with Gasteiger partial charge in [-0.05, 0) is 49.6 Å². The smallest absolute Gasteiger partial charge is 0.283 e.